The fourth-order valence-electron chi connectivity index (χ4n) is 3.11. The second-order valence-electron chi connectivity index (χ2n) is 6.84. The molecule has 28 heavy (non-hydrogen) atoms. The highest BCUT2D eigenvalue weighted by molar-refractivity contribution is 5.37. The fourth-order valence-corrected chi connectivity index (χ4v) is 3.11. The van der Waals surface area contributed by atoms with E-state index in [0.29, 0.717) is 0 Å². The van der Waals surface area contributed by atoms with Gasteiger partial charge in [-0.15, -0.1) is 0 Å². The van der Waals surface area contributed by atoms with Crippen molar-refractivity contribution in [2.75, 3.05) is 11.9 Å². The van der Waals surface area contributed by atoms with Crippen molar-refractivity contribution in [1.82, 2.24) is 9.97 Å². The van der Waals surface area contributed by atoms with E-state index in [9.17, 15) is 23.4 Å². The molecule has 1 aromatic heterocycles. The standard InChI is InChI=1S/C19H22F3N3O3/c1-11-5-7-12(8-6-11)15-4-2-3-13(28-15)10-23-16-9-14(17(26)27)24-18(25-16)19(20,21)22/h5-9,13,15,17,26-27H,2-4,10H2,1H3,(H,23,24,25)/t13-,15+/m1/s1. The molecule has 0 amide bonds. The number of anilines is 1. The zero-order chi connectivity index (χ0) is 20.3. The van der Waals surface area contributed by atoms with Crippen LogP contribution in [0.15, 0.2) is 30.3 Å². The number of nitrogens with zero attached hydrogens (tertiary/aromatic N) is 2. The van der Waals surface area contributed by atoms with E-state index in [0.717, 1.165) is 36.5 Å². The van der Waals surface area contributed by atoms with Crippen LogP contribution < -0.4 is 5.32 Å². The van der Waals surface area contributed by atoms with E-state index in [-0.39, 0.29) is 24.6 Å². The minimum absolute atomic E-state index is 0.0629. The Kier molecular flexibility index (Phi) is 6.17. The third kappa shape index (κ3) is 5.18. The normalized spacial score (nSPS) is 20.4. The van der Waals surface area contributed by atoms with E-state index in [2.05, 4.69) is 15.3 Å². The van der Waals surface area contributed by atoms with Crippen LogP contribution in [-0.4, -0.2) is 32.8 Å². The summed E-state index contributed by atoms with van der Waals surface area (Å²) in [6, 6.07) is 9.15. The molecule has 6 nitrogen and oxygen atoms in total. The van der Waals surface area contributed by atoms with Crippen molar-refractivity contribution in [3.63, 3.8) is 0 Å². The Hall–Kier alpha value is -2.23. The first kappa shape index (κ1) is 20.5. The molecule has 0 unspecified atom stereocenters. The van der Waals surface area contributed by atoms with Gasteiger partial charge in [0.15, 0.2) is 6.29 Å². The largest absolute Gasteiger partial charge is 0.451 e. The topological polar surface area (TPSA) is 87.5 Å². The summed E-state index contributed by atoms with van der Waals surface area (Å²) in [6.07, 6.45) is -4.60. The van der Waals surface area contributed by atoms with Crippen LogP contribution in [0.2, 0.25) is 0 Å². The monoisotopic (exact) mass is 397 g/mol. The Morgan fingerprint density at radius 3 is 2.54 bits per heavy atom. The van der Waals surface area contributed by atoms with Crippen LogP contribution in [0.3, 0.4) is 0 Å². The van der Waals surface area contributed by atoms with E-state index in [1.807, 2.05) is 31.2 Å². The molecule has 0 bridgehead atoms. The van der Waals surface area contributed by atoms with Crippen molar-refractivity contribution in [3.05, 3.63) is 53.0 Å². The van der Waals surface area contributed by atoms with Crippen LogP contribution in [0.25, 0.3) is 0 Å². The fraction of sp³-hybridized carbons (Fsp3) is 0.474. The zero-order valence-electron chi connectivity index (χ0n) is 15.3. The van der Waals surface area contributed by atoms with Crippen molar-refractivity contribution in [2.45, 2.75) is 50.9 Å². The third-order valence-electron chi connectivity index (χ3n) is 4.57. The molecule has 1 fully saturated rings. The molecule has 1 aromatic carbocycles. The lowest BCUT2D eigenvalue weighted by atomic mass is 9.97. The van der Waals surface area contributed by atoms with Gasteiger partial charge in [-0.2, -0.15) is 13.2 Å². The van der Waals surface area contributed by atoms with Crippen molar-refractivity contribution >= 4 is 5.82 Å². The van der Waals surface area contributed by atoms with Gasteiger partial charge in [0.05, 0.1) is 12.2 Å². The Labute approximate surface area is 160 Å². The summed E-state index contributed by atoms with van der Waals surface area (Å²) in [7, 11) is 0. The molecule has 0 radical (unpaired) electrons. The minimum Gasteiger partial charge on any atom is -0.368 e. The number of aryl methyl sites for hydroxylation is 1. The first-order valence-corrected chi connectivity index (χ1v) is 9.00. The lowest BCUT2D eigenvalue weighted by molar-refractivity contribution is -0.145. The van der Waals surface area contributed by atoms with Gasteiger partial charge < -0.3 is 20.3 Å². The maximum Gasteiger partial charge on any atom is 0.451 e. The summed E-state index contributed by atoms with van der Waals surface area (Å²) in [5.41, 5.74) is 1.71. The average molecular weight is 397 g/mol. The lowest BCUT2D eigenvalue weighted by Crippen LogP contribution is -2.29. The van der Waals surface area contributed by atoms with Gasteiger partial charge in [-0.25, -0.2) is 9.97 Å². The Balaban J connectivity index is 1.67. The Morgan fingerprint density at radius 2 is 1.89 bits per heavy atom. The molecule has 2 heterocycles. The molecule has 1 aliphatic rings. The maximum atomic E-state index is 12.9. The van der Waals surface area contributed by atoms with E-state index in [1.54, 1.807) is 0 Å². The molecule has 0 spiro atoms. The molecule has 1 aliphatic heterocycles. The number of aliphatic hydroxyl groups is 2. The maximum absolute atomic E-state index is 12.9. The van der Waals surface area contributed by atoms with Gasteiger partial charge in [0.1, 0.15) is 11.5 Å². The van der Waals surface area contributed by atoms with Gasteiger partial charge in [-0.1, -0.05) is 29.8 Å². The highest BCUT2D eigenvalue weighted by Gasteiger charge is 2.36. The molecule has 9 heteroatoms. The molecule has 2 aromatic rings. The van der Waals surface area contributed by atoms with E-state index in [1.165, 1.54) is 0 Å². The summed E-state index contributed by atoms with van der Waals surface area (Å²) in [5, 5.41) is 21.2. The van der Waals surface area contributed by atoms with E-state index < -0.39 is 24.0 Å². The molecular formula is C19H22F3N3O3. The van der Waals surface area contributed by atoms with Crippen LogP contribution in [-0.2, 0) is 10.9 Å². The molecule has 152 valence electrons. The second kappa shape index (κ2) is 8.42. The van der Waals surface area contributed by atoms with Crippen LogP contribution in [0.1, 0.15) is 54.3 Å². The van der Waals surface area contributed by atoms with Gasteiger partial charge in [0.2, 0.25) is 5.82 Å². The SMILES string of the molecule is Cc1ccc([C@@H]2CCC[C@H](CNc3cc(C(O)O)nc(C(F)(F)F)n3)O2)cc1. The number of aliphatic hydroxyl groups excluding tert-OH is 1. The molecule has 0 aliphatic carbocycles. The van der Waals surface area contributed by atoms with Gasteiger partial charge in [-0.05, 0) is 31.7 Å². The molecular weight excluding hydrogens is 375 g/mol. The number of benzene rings is 1. The van der Waals surface area contributed by atoms with Crippen LogP contribution in [0.5, 0.6) is 0 Å². The smallest absolute Gasteiger partial charge is 0.368 e. The number of hydrogen-bond acceptors (Lipinski definition) is 6. The highest BCUT2D eigenvalue weighted by Crippen LogP contribution is 2.32. The summed E-state index contributed by atoms with van der Waals surface area (Å²) in [6.45, 7) is 2.25. The second-order valence-corrected chi connectivity index (χ2v) is 6.84. The molecule has 2 atom stereocenters. The molecule has 3 N–H and O–H groups in total. The highest BCUT2D eigenvalue weighted by atomic mass is 19.4. The number of halogens is 3. The number of hydrogen-bond donors (Lipinski definition) is 3. The number of aromatic nitrogens is 2. The minimum atomic E-state index is -4.79. The van der Waals surface area contributed by atoms with Crippen molar-refractivity contribution < 1.29 is 28.1 Å². The van der Waals surface area contributed by atoms with E-state index in [4.69, 9.17) is 4.74 Å². The molecule has 1 saturated heterocycles. The third-order valence-corrected chi connectivity index (χ3v) is 4.57. The summed E-state index contributed by atoms with van der Waals surface area (Å²) < 4.78 is 44.9. The van der Waals surface area contributed by atoms with Gasteiger partial charge >= 0.3 is 6.18 Å². The van der Waals surface area contributed by atoms with Crippen molar-refractivity contribution in [3.8, 4) is 0 Å². The van der Waals surface area contributed by atoms with Gasteiger partial charge in [0.25, 0.3) is 0 Å². The van der Waals surface area contributed by atoms with Crippen LogP contribution in [0, 0.1) is 6.92 Å². The Morgan fingerprint density at radius 1 is 1.18 bits per heavy atom. The Bertz CT molecular complexity index is 797. The summed E-state index contributed by atoms with van der Waals surface area (Å²) in [4.78, 5) is 6.58. The quantitative estimate of drug-likeness (QED) is 0.670. The number of alkyl halides is 3. The number of ether oxygens (including phenoxy) is 1. The molecule has 3 rings (SSSR count). The van der Waals surface area contributed by atoms with Crippen molar-refractivity contribution in [2.24, 2.45) is 0 Å². The zero-order valence-corrected chi connectivity index (χ0v) is 15.3. The average Bonchev–Trinajstić information content (AvgIpc) is 2.66. The molecule has 0 saturated carbocycles. The number of rotatable bonds is 5. The van der Waals surface area contributed by atoms with E-state index >= 15 is 0 Å². The predicted octanol–water partition coefficient (Wildman–Crippen LogP) is 3.51. The summed E-state index contributed by atoms with van der Waals surface area (Å²) in [5.74, 6) is -1.56. The van der Waals surface area contributed by atoms with Crippen LogP contribution >= 0.6 is 0 Å². The van der Waals surface area contributed by atoms with Gasteiger partial charge in [-0.3, -0.25) is 0 Å². The lowest BCUT2D eigenvalue weighted by Gasteiger charge is -2.30. The first-order valence-electron chi connectivity index (χ1n) is 9.00. The van der Waals surface area contributed by atoms with Gasteiger partial charge in [0, 0.05) is 12.6 Å². The summed E-state index contributed by atoms with van der Waals surface area (Å²) >= 11 is 0. The van der Waals surface area contributed by atoms with Crippen LogP contribution in [0.4, 0.5) is 19.0 Å². The predicted molar refractivity (Wildman–Crippen MR) is 95.3 cm³/mol. The van der Waals surface area contributed by atoms with Crippen molar-refractivity contribution in [1.29, 1.82) is 0 Å². The first-order chi connectivity index (χ1) is 13.2. The number of nitrogens with one attached hydrogen (secondary N) is 1.